The fraction of sp³-hybridized carbons (Fsp3) is 0.360. The van der Waals surface area contributed by atoms with E-state index in [0.29, 0.717) is 11.6 Å². The molecule has 11 heteroatoms. The summed E-state index contributed by atoms with van der Waals surface area (Å²) in [6.07, 6.45) is -0.584. The maximum absolute atomic E-state index is 13.5. The molecule has 4 amide bonds. The largest absolute Gasteiger partial charge is 0.481 e. The Morgan fingerprint density at radius 2 is 1.81 bits per heavy atom. The van der Waals surface area contributed by atoms with Crippen LogP contribution in [0.15, 0.2) is 54.6 Å². The zero-order chi connectivity index (χ0) is 26.2. The predicted molar refractivity (Wildman–Crippen MR) is 133 cm³/mol. The first-order valence-corrected chi connectivity index (χ1v) is 11.9. The van der Waals surface area contributed by atoms with Crippen molar-refractivity contribution in [1.82, 2.24) is 25.1 Å². The number of carbonyl (C=O) groups excluding carboxylic acids is 3. The number of urea groups is 1. The highest BCUT2D eigenvalue weighted by atomic mass is 35.5. The highest BCUT2D eigenvalue weighted by molar-refractivity contribution is 6.30. The number of rotatable bonds is 9. The third-order valence-electron chi connectivity index (χ3n) is 5.89. The predicted octanol–water partition coefficient (Wildman–Crippen LogP) is 2.39. The summed E-state index contributed by atoms with van der Waals surface area (Å²) < 4.78 is 0. The zero-order valence-electron chi connectivity index (χ0n) is 20.3. The second-order valence-electron chi connectivity index (χ2n) is 8.46. The number of hydrazine groups is 1. The van der Waals surface area contributed by atoms with Crippen molar-refractivity contribution < 1.29 is 24.3 Å². The van der Waals surface area contributed by atoms with Crippen molar-refractivity contribution in [3.05, 3.63) is 70.7 Å². The van der Waals surface area contributed by atoms with E-state index in [0.717, 1.165) is 11.1 Å². The molecule has 0 aliphatic carbocycles. The lowest BCUT2D eigenvalue weighted by atomic mass is 10.1. The van der Waals surface area contributed by atoms with Crippen LogP contribution < -0.4 is 5.32 Å². The van der Waals surface area contributed by atoms with Crippen LogP contribution in [0.3, 0.4) is 0 Å². The Balaban J connectivity index is 1.78. The van der Waals surface area contributed by atoms with Gasteiger partial charge in [-0.3, -0.25) is 14.4 Å². The van der Waals surface area contributed by atoms with Gasteiger partial charge in [-0.2, -0.15) is 0 Å². The molecule has 0 radical (unpaired) electrons. The maximum Gasteiger partial charge on any atom is 0.333 e. The molecule has 36 heavy (non-hydrogen) atoms. The number of halogens is 1. The first kappa shape index (κ1) is 27.0. The molecule has 0 saturated carbocycles. The highest BCUT2D eigenvalue weighted by Gasteiger charge is 2.40. The molecule has 2 aromatic rings. The molecule has 1 fully saturated rings. The van der Waals surface area contributed by atoms with Crippen LogP contribution in [0.5, 0.6) is 0 Å². The summed E-state index contributed by atoms with van der Waals surface area (Å²) in [6, 6.07) is 14.6. The summed E-state index contributed by atoms with van der Waals surface area (Å²) in [7, 11) is 1.59. The Kier molecular flexibility index (Phi) is 9.26. The van der Waals surface area contributed by atoms with Gasteiger partial charge in [0, 0.05) is 31.7 Å². The van der Waals surface area contributed by atoms with Crippen LogP contribution in [-0.4, -0.2) is 81.6 Å². The minimum Gasteiger partial charge on any atom is -0.481 e. The lowest BCUT2D eigenvalue weighted by Gasteiger charge is -2.44. The Hall–Kier alpha value is -3.63. The van der Waals surface area contributed by atoms with Crippen molar-refractivity contribution in [3.63, 3.8) is 0 Å². The van der Waals surface area contributed by atoms with Crippen molar-refractivity contribution >= 4 is 35.4 Å². The van der Waals surface area contributed by atoms with Gasteiger partial charge in [-0.1, -0.05) is 54.1 Å². The quantitative estimate of drug-likeness (QED) is 0.530. The number of nitrogens with one attached hydrogen (secondary N) is 1. The molecule has 0 spiro atoms. The number of benzene rings is 2. The number of aliphatic carboxylic acids is 1. The Bertz CT molecular complexity index is 1100. The molecule has 3 rings (SSSR count). The van der Waals surface area contributed by atoms with Crippen LogP contribution in [0, 0.1) is 0 Å². The SMILES string of the molecule is CCN(Cc1cccc(Cl)c1)C(=O)[C@H](CC(=O)O)N1CN(C(=O)NCc2ccccc2)N(C)CC1=O. The van der Waals surface area contributed by atoms with Gasteiger partial charge >= 0.3 is 12.0 Å². The molecular formula is C25H30ClN5O5. The average Bonchev–Trinajstić information content (AvgIpc) is 2.85. The number of hydrogen-bond donors (Lipinski definition) is 2. The zero-order valence-corrected chi connectivity index (χ0v) is 21.0. The third-order valence-corrected chi connectivity index (χ3v) is 6.12. The van der Waals surface area contributed by atoms with E-state index >= 15 is 0 Å². The highest BCUT2D eigenvalue weighted by Crippen LogP contribution is 2.19. The van der Waals surface area contributed by atoms with Crippen molar-refractivity contribution in [2.45, 2.75) is 32.5 Å². The van der Waals surface area contributed by atoms with E-state index in [-0.39, 0.29) is 26.3 Å². The molecule has 2 N–H and O–H groups in total. The standard InChI is InChI=1S/C25H30ClN5O5/c1-3-29(15-19-10-7-11-20(26)12-19)24(35)21(13-23(33)34)30-17-31(28(2)16-22(30)32)25(36)27-14-18-8-5-4-6-9-18/h4-12,21H,3,13-17H2,1-2H3,(H,27,36)(H,33,34)/t21-/m0/s1. The van der Waals surface area contributed by atoms with Gasteiger partial charge in [-0.25, -0.2) is 14.8 Å². The molecular weight excluding hydrogens is 486 g/mol. The Morgan fingerprint density at radius 1 is 1.11 bits per heavy atom. The van der Waals surface area contributed by atoms with E-state index in [9.17, 15) is 24.3 Å². The molecule has 1 aliphatic heterocycles. The summed E-state index contributed by atoms with van der Waals surface area (Å²) in [5.41, 5.74) is 1.68. The van der Waals surface area contributed by atoms with E-state index in [1.54, 1.807) is 32.2 Å². The van der Waals surface area contributed by atoms with E-state index in [1.807, 2.05) is 36.4 Å². The van der Waals surface area contributed by atoms with Crippen molar-refractivity contribution in [2.75, 3.05) is 26.8 Å². The number of carboxylic acids is 1. The van der Waals surface area contributed by atoms with Gasteiger partial charge < -0.3 is 20.2 Å². The van der Waals surface area contributed by atoms with E-state index in [1.165, 1.54) is 19.8 Å². The number of carboxylic acid groups (broad SMARTS) is 1. The first-order valence-electron chi connectivity index (χ1n) is 11.5. The van der Waals surface area contributed by atoms with Gasteiger partial charge in [0.1, 0.15) is 12.7 Å². The normalized spacial score (nSPS) is 14.9. The molecule has 0 unspecified atom stereocenters. The Labute approximate surface area is 215 Å². The monoisotopic (exact) mass is 515 g/mol. The smallest absolute Gasteiger partial charge is 0.333 e. The molecule has 1 saturated heterocycles. The van der Waals surface area contributed by atoms with Gasteiger partial charge in [-0.15, -0.1) is 0 Å². The molecule has 1 aliphatic rings. The van der Waals surface area contributed by atoms with Crippen LogP contribution in [0.2, 0.25) is 5.02 Å². The number of carbonyl (C=O) groups is 4. The molecule has 0 aromatic heterocycles. The van der Waals surface area contributed by atoms with Crippen LogP contribution in [0.4, 0.5) is 4.79 Å². The third kappa shape index (κ3) is 6.96. The van der Waals surface area contributed by atoms with Crippen LogP contribution >= 0.6 is 11.6 Å². The van der Waals surface area contributed by atoms with E-state index < -0.39 is 36.3 Å². The fourth-order valence-electron chi connectivity index (χ4n) is 3.97. The second-order valence-corrected chi connectivity index (χ2v) is 8.90. The number of hydrogen-bond acceptors (Lipinski definition) is 5. The minimum atomic E-state index is -1.27. The number of amides is 4. The lowest BCUT2D eigenvalue weighted by molar-refractivity contribution is -0.163. The second kappa shape index (κ2) is 12.4. The molecule has 192 valence electrons. The summed E-state index contributed by atoms with van der Waals surface area (Å²) in [4.78, 5) is 53.7. The topological polar surface area (TPSA) is 114 Å². The number of likely N-dealkylation sites (N-methyl/N-ethyl adjacent to an activating group) is 2. The Morgan fingerprint density at radius 3 is 2.44 bits per heavy atom. The van der Waals surface area contributed by atoms with Crippen LogP contribution in [0.25, 0.3) is 0 Å². The maximum atomic E-state index is 13.5. The summed E-state index contributed by atoms with van der Waals surface area (Å²) in [6.45, 7) is 2.12. The van der Waals surface area contributed by atoms with Crippen molar-refractivity contribution in [2.24, 2.45) is 0 Å². The number of nitrogens with zero attached hydrogens (tertiary/aromatic N) is 4. The van der Waals surface area contributed by atoms with Crippen LogP contribution in [-0.2, 0) is 27.5 Å². The summed E-state index contributed by atoms with van der Waals surface area (Å²) in [5.74, 6) is -2.18. The molecule has 1 atom stereocenters. The summed E-state index contributed by atoms with van der Waals surface area (Å²) >= 11 is 6.07. The van der Waals surface area contributed by atoms with Gasteiger partial charge in [0.2, 0.25) is 11.8 Å². The molecule has 0 bridgehead atoms. The van der Waals surface area contributed by atoms with E-state index in [4.69, 9.17) is 11.6 Å². The van der Waals surface area contributed by atoms with Gasteiger partial charge in [0.05, 0.1) is 13.0 Å². The molecule has 10 nitrogen and oxygen atoms in total. The minimum absolute atomic E-state index is 0.178. The first-order chi connectivity index (χ1) is 17.2. The fourth-order valence-corrected chi connectivity index (χ4v) is 4.18. The lowest BCUT2D eigenvalue weighted by Crippen LogP contribution is -2.65. The van der Waals surface area contributed by atoms with Gasteiger partial charge in [0.25, 0.3) is 0 Å². The van der Waals surface area contributed by atoms with Gasteiger partial charge in [-0.05, 0) is 30.2 Å². The summed E-state index contributed by atoms with van der Waals surface area (Å²) in [5, 5.41) is 15.6. The molecule has 1 heterocycles. The van der Waals surface area contributed by atoms with Crippen molar-refractivity contribution in [1.29, 1.82) is 0 Å². The van der Waals surface area contributed by atoms with Crippen molar-refractivity contribution in [3.8, 4) is 0 Å². The van der Waals surface area contributed by atoms with Crippen LogP contribution in [0.1, 0.15) is 24.5 Å². The van der Waals surface area contributed by atoms with Gasteiger partial charge in [0.15, 0.2) is 0 Å². The molecule has 2 aromatic carbocycles. The average molecular weight is 516 g/mol. The van der Waals surface area contributed by atoms with E-state index in [2.05, 4.69) is 5.32 Å².